The lowest BCUT2D eigenvalue weighted by Gasteiger charge is -2.44. The first-order chi connectivity index (χ1) is 14.5. The van der Waals surface area contributed by atoms with Crippen LogP contribution in [0, 0.1) is 11.3 Å². The third-order valence-electron chi connectivity index (χ3n) is 6.14. The molecule has 1 aromatic carbocycles. The molecular formula is C24H36N4O3. The Hall–Kier alpha value is -2.57. The van der Waals surface area contributed by atoms with Gasteiger partial charge in [0.1, 0.15) is 12.1 Å². The largest absolute Gasteiger partial charge is 0.354 e. The van der Waals surface area contributed by atoms with Gasteiger partial charge in [0.05, 0.1) is 6.67 Å². The van der Waals surface area contributed by atoms with E-state index in [2.05, 4.69) is 10.2 Å². The molecule has 1 aromatic rings. The maximum Gasteiger partial charge on any atom is 0.250 e. The minimum absolute atomic E-state index is 0.0149. The van der Waals surface area contributed by atoms with Crippen molar-refractivity contribution in [2.45, 2.75) is 53.0 Å². The van der Waals surface area contributed by atoms with E-state index in [1.807, 2.05) is 69.9 Å². The van der Waals surface area contributed by atoms with Crippen LogP contribution in [0.4, 0.5) is 5.69 Å². The second-order valence-electron chi connectivity index (χ2n) is 10.2. The van der Waals surface area contributed by atoms with E-state index < -0.39 is 11.0 Å². The number of carbonyl (C=O) groups excluding carboxylic acids is 3. The number of nitrogens with zero attached hydrogens (tertiary/aromatic N) is 3. The van der Waals surface area contributed by atoms with Gasteiger partial charge in [-0.05, 0) is 30.9 Å². The maximum absolute atomic E-state index is 13.6. The summed E-state index contributed by atoms with van der Waals surface area (Å²) in [4.78, 5) is 44.5. The average Bonchev–Trinajstić information content (AvgIpc) is 2.98. The summed E-state index contributed by atoms with van der Waals surface area (Å²) in [6.45, 7) is 12.0. The van der Waals surface area contributed by atoms with Gasteiger partial charge in [-0.2, -0.15) is 0 Å². The molecule has 0 radical (unpaired) electrons. The van der Waals surface area contributed by atoms with Crippen LogP contribution in [0.1, 0.15) is 47.5 Å². The monoisotopic (exact) mass is 428 g/mol. The Morgan fingerprint density at radius 1 is 1.10 bits per heavy atom. The maximum atomic E-state index is 13.6. The number of para-hydroxylation sites is 1. The fourth-order valence-corrected chi connectivity index (χ4v) is 4.42. The lowest BCUT2D eigenvalue weighted by Crippen LogP contribution is -2.58. The fourth-order valence-electron chi connectivity index (χ4n) is 4.42. The lowest BCUT2D eigenvalue weighted by molar-refractivity contribution is -0.144. The quantitative estimate of drug-likeness (QED) is 0.782. The highest BCUT2D eigenvalue weighted by molar-refractivity contribution is 5.96. The van der Waals surface area contributed by atoms with Gasteiger partial charge in [0.2, 0.25) is 11.8 Å². The van der Waals surface area contributed by atoms with Crippen molar-refractivity contribution in [2.75, 3.05) is 37.7 Å². The Bertz CT molecular complexity index is 808. The number of amides is 3. The zero-order chi connectivity index (χ0) is 22.8. The highest BCUT2D eigenvalue weighted by atomic mass is 16.2. The molecule has 1 spiro atoms. The van der Waals surface area contributed by atoms with E-state index in [1.54, 1.807) is 4.90 Å². The van der Waals surface area contributed by atoms with Gasteiger partial charge in [0, 0.05) is 30.7 Å². The van der Waals surface area contributed by atoms with E-state index in [-0.39, 0.29) is 24.3 Å². The van der Waals surface area contributed by atoms with Crippen molar-refractivity contribution in [3.05, 3.63) is 30.3 Å². The number of rotatable bonds is 5. The van der Waals surface area contributed by atoms with Gasteiger partial charge in [-0.3, -0.25) is 14.4 Å². The molecule has 2 heterocycles. The summed E-state index contributed by atoms with van der Waals surface area (Å²) in [6.07, 6.45) is 1.12. The number of carbonyl (C=O) groups is 3. The standard InChI is InChI=1S/C24H36N4O3/c1-18(2)15-25-20(29)16-27-17-28(19-9-7-6-8-10-19)24(22(27)31)11-13-26(14-12-24)21(30)23(3,4)5/h6-10,18H,11-17H2,1-5H3,(H,25,29). The van der Waals surface area contributed by atoms with Crippen LogP contribution in [0.5, 0.6) is 0 Å². The predicted octanol–water partition coefficient (Wildman–Crippen LogP) is 2.47. The molecule has 3 amide bonds. The molecule has 2 saturated heterocycles. The van der Waals surface area contributed by atoms with Crippen molar-refractivity contribution >= 4 is 23.4 Å². The zero-order valence-electron chi connectivity index (χ0n) is 19.5. The number of piperidine rings is 1. The van der Waals surface area contributed by atoms with Gasteiger partial charge >= 0.3 is 0 Å². The van der Waals surface area contributed by atoms with Gasteiger partial charge < -0.3 is 20.0 Å². The molecule has 7 heteroatoms. The van der Waals surface area contributed by atoms with E-state index in [9.17, 15) is 14.4 Å². The summed E-state index contributed by atoms with van der Waals surface area (Å²) >= 11 is 0. The normalized spacial score (nSPS) is 18.8. The number of nitrogens with one attached hydrogen (secondary N) is 1. The van der Waals surface area contributed by atoms with Crippen molar-refractivity contribution in [3.8, 4) is 0 Å². The molecule has 0 aliphatic carbocycles. The Labute approximate surface area is 185 Å². The number of hydrogen-bond acceptors (Lipinski definition) is 4. The third kappa shape index (κ3) is 4.86. The fraction of sp³-hybridized carbons (Fsp3) is 0.625. The van der Waals surface area contributed by atoms with Gasteiger partial charge in [-0.1, -0.05) is 52.8 Å². The van der Waals surface area contributed by atoms with Crippen molar-refractivity contribution in [1.82, 2.24) is 15.1 Å². The Kier molecular flexibility index (Phi) is 6.62. The van der Waals surface area contributed by atoms with Crippen LogP contribution in [0.3, 0.4) is 0 Å². The molecule has 2 aliphatic rings. The first-order valence-electron chi connectivity index (χ1n) is 11.2. The predicted molar refractivity (Wildman–Crippen MR) is 121 cm³/mol. The van der Waals surface area contributed by atoms with Crippen LogP contribution < -0.4 is 10.2 Å². The van der Waals surface area contributed by atoms with E-state index >= 15 is 0 Å². The molecule has 1 N–H and O–H groups in total. The molecule has 0 unspecified atom stereocenters. The van der Waals surface area contributed by atoms with Crippen molar-refractivity contribution in [2.24, 2.45) is 11.3 Å². The van der Waals surface area contributed by atoms with Crippen molar-refractivity contribution < 1.29 is 14.4 Å². The molecular weight excluding hydrogens is 392 g/mol. The number of benzene rings is 1. The SMILES string of the molecule is CC(C)CNC(=O)CN1CN(c2ccccc2)C2(CCN(C(=O)C(C)(C)C)CC2)C1=O. The summed E-state index contributed by atoms with van der Waals surface area (Å²) < 4.78 is 0. The van der Waals surface area contributed by atoms with E-state index in [4.69, 9.17) is 0 Å². The molecule has 2 fully saturated rings. The minimum atomic E-state index is -0.714. The van der Waals surface area contributed by atoms with Crippen LogP contribution in [-0.4, -0.2) is 65.9 Å². The molecule has 7 nitrogen and oxygen atoms in total. The summed E-state index contributed by atoms with van der Waals surface area (Å²) in [5.41, 5.74) is -0.186. The second-order valence-corrected chi connectivity index (χ2v) is 10.2. The minimum Gasteiger partial charge on any atom is -0.354 e. The van der Waals surface area contributed by atoms with E-state index in [0.29, 0.717) is 45.1 Å². The average molecular weight is 429 g/mol. The Morgan fingerprint density at radius 3 is 2.26 bits per heavy atom. The highest BCUT2D eigenvalue weighted by Crippen LogP contribution is 2.40. The van der Waals surface area contributed by atoms with Gasteiger partial charge in [0.25, 0.3) is 5.91 Å². The van der Waals surface area contributed by atoms with Gasteiger partial charge in [-0.25, -0.2) is 0 Å². The number of hydrogen-bond donors (Lipinski definition) is 1. The summed E-state index contributed by atoms with van der Waals surface area (Å²) in [5.74, 6) is 0.324. The molecule has 0 aromatic heterocycles. The van der Waals surface area contributed by atoms with Crippen molar-refractivity contribution in [3.63, 3.8) is 0 Å². The van der Waals surface area contributed by atoms with Crippen LogP contribution in [-0.2, 0) is 14.4 Å². The topological polar surface area (TPSA) is 73.0 Å². The van der Waals surface area contributed by atoms with Gasteiger partial charge in [-0.15, -0.1) is 0 Å². The second kappa shape index (κ2) is 8.89. The van der Waals surface area contributed by atoms with Crippen LogP contribution in [0.2, 0.25) is 0 Å². The summed E-state index contributed by atoms with van der Waals surface area (Å²) in [6, 6.07) is 9.89. The molecule has 0 saturated carbocycles. The van der Waals surface area contributed by atoms with E-state index in [0.717, 1.165) is 5.69 Å². The summed E-state index contributed by atoms with van der Waals surface area (Å²) in [5, 5.41) is 2.91. The smallest absolute Gasteiger partial charge is 0.250 e. The molecule has 31 heavy (non-hydrogen) atoms. The zero-order valence-corrected chi connectivity index (χ0v) is 19.5. The van der Waals surface area contributed by atoms with Crippen molar-refractivity contribution in [1.29, 1.82) is 0 Å². The van der Waals surface area contributed by atoms with E-state index in [1.165, 1.54) is 0 Å². The third-order valence-corrected chi connectivity index (χ3v) is 6.14. The lowest BCUT2D eigenvalue weighted by atomic mass is 9.84. The summed E-state index contributed by atoms with van der Waals surface area (Å²) in [7, 11) is 0. The van der Waals surface area contributed by atoms with Crippen LogP contribution in [0.25, 0.3) is 0 Å². The number of anilines is 1. The highest BCUT2D eigenvalue weighted by Gasteiger charge is 2.54. The van der Waals surface area contributed by atoms with Gasteiger partial charge in [0.15, 0.2) is 0 Å². The molecule has 3 rings (SSSR count). The number of likely N-dealkylation sites (tertiary alicyclic amines) is 1. The molecule has 2 aliphatic heterocycles. The first-order valence-corrected chi connectivity index (χ1v) is 11.2. The Morgan fingerprint density at radius 2 is 1.71 bits per heavy atom. The molecule has 0 atom stereocenters. The Balaban J connectivity index is 1.80. The van der Waals surface area contributed by atoms with Crippen LogP contribution >= 0.6 is 0 Å². The molecule has 170 valence electrons. The first kappa shape index (κ1) is 23.1. The van der Waals surface area contributed by atoms with Crippen LogP contribution in [0.15, 0.2) is 30.3 Å². The molecule has 0 bridgehead atoms.